The van der Waals surface area contributed by atoms with Gasteiger partial charge in [-0.3, -0.25) is 4.57 Å². The highest BCUT2D eigenvalue weighted by Crippen LogP contribution is 2.45. The van der Waals surface area contributed by atoms with Crippen LogP contribution in [-0.2, 0) is 0 Å². The molecule has 0 N–H and O–H groups in total. The Morgan fingerprint density at radius 3 is 1.80 bits per heavy atom. The molecule has 3 heteroatoms. The molecule has 0 amide bonds. The molecule has 0 radical (unpaired) electrons. The molecule has 0 bridgehead atoms. The number of benzene rings is 7. The third-order valence-corrected chi connectivity index (χ3v) is 10.6. The van der Waals surface area contributed by atoms with Crippen LogP contribution < -0.4 is 0 Å². The molecule has 0 saturated carbocycles. The van der Waals surface area contributed by atoms with E-state index < -0.39 is 0 Å². The van der Waals surface area contributed by atoms with Crippen molar-refractivity contribution in [3.63, 3.8) is 0 Å². The number of nitrogens with zero attached hydrogens (tertiary/aromatic N) is 3. The van der Waals surface area contributed by atoms with Gasteiger partial charge >= 0.3 is 0 Å². The average molecular weight is 624 g/mol. The standard InChI is InChI=1S/C46H29N3/c1-28-42(31-26-24-30(25-27-31)29-12-3-2-4-13-29)36-15-5-7-19-37(36)47-46(28)49-39-21-10-16-33-35-18-9-17-34-32-14-6-8-20-38(32)48(45(34)35)40-22-11-23-41(49)44(40)43(33)39/h2-27H,1H3. The summed E-state index contributed by atoms with van der Waals surface area (Å²) in [5, 5.41) is 8.78. The van der Waals surface area contributed by atoms with E-state index in [-0.39, 0.29) is 0 Å². The average Bonchev–Trinajstić information content (AvgIpc) is 3.64. The lowest BCUT2D eigenvalue weighted by atomic mass is 9.94. The fourth-order valence-electron chi connectivity index (χ4n) is 8.56. The summed E-state index contributed by atoms with van der Waals surface area (Å²) in [5.74, 6) is 0.964. The van der Waals surface area contributed by atoms with Gasteiger partial charge in [0.2, 0.25) is 0 Å². The maximum Gasteiger partial charge on any atom is 0.141 e. The van der Waals surface area contributed by atoms with Gasteiger partial charge in [0.1, 0.15) is 5.82 Å². The minimum absolute atomic E-state index is 0.964. The van der Waals surface area contributed by atoms with Crippen LogP contribution in [0.4, 0.5) is 0 Å². The van der Waals surface area contributed by atoms with Crippen molar-refractivity contribution in [2.75, 3.05) is 0 Å². The van der Waals surface area contributed by atoms with Crippen molar-refractivity contribution in [3.8, 4) is 28.1 Å². The number of hydrogen-bond acceptors (Lipinski definition) is 1. The van der Waals surface area contributed by atoms with Gasteiger partial charge in [0.05, 0.1) is 33.1 Å². The Bertz CT molecular complexity index is 3090. The molecule has 3 nitrogen and oxygen atoms in total. The molecule has 11 rings (SSSR count). The van der Waals surface area contributed by atoms with Gasteiger partial charge in [-0.25, -0.2) is 4.98 Å². The van der Waals surface area contributed by atoms with Crippen molar-refractivity contribution in [1.29, 1.82) is 0 Å². The Balaban J connectivity index is 1.27. The van der Waals surface area contributed by atoms with E-state index in [9.17, 15) is 0 Å². The van der Waals surface area contributed by atoms with Crippen molar-refractivity contribution in [2.45, 2.75) is 6.92 Å². The number of rotatable bonds is 3. The van der Waals surface area contributed by atoms with E-state index in [0.717, 1.165) is 27.8 Å². The van der Waals surface area contributed by atoms with Gasteiger partial charge in [0, 0.05) is 37.9 Å². The molecule has 0 spiro atoms. The zero-order valence-electron chi connectivity index (χ0n) is 26.9. The summed E-state index contributed by atoms with van der Waals surface area (Å²) >= 11 is 0. The number of para-hydroxylation sites is 3. The van der Waals surface area contributed by atoms with Gasteiger partial charge < -0.3 is 4.40 Å². The minimum Gasteiger partial charge on any atom is -0.308 e. The fraction of sp³-hybridized carbons (Fsp3) is 0.0217. The number of pyridine rings is 1. The molecule has 49 heavy (non-hydrogen) atoms. The Labute approximate surface area is 282 Å². The number of hydrogen-bond donors (Lipinski definition) is 0. The van der Waals surface area contributed by atoms with E-state index >= 15 is 0 Å². The first-order valence-corrected chi connectivity index (χ1v) is 16.9. The third kappa shape index (κ3) is 3.54. The molecule has 4 heterocycles. The van der Waals surface area contributed by atoms with Crippen LogP contribution >= 0.6 is 0 Å². The Hall–Kier alpha value is -6.45. The molecule has 0 saturated heterocycles. The molecule has 0 atom stereocenters. The lowest BCUT2D eigenvalue weighted by molar-refractivity contribution is 1.08. The van der Waals surface area contributed by atoms with Crippen molar-refractivity contribution in [1.82, 2.24) is 14.0 Å². The molecule has 228 valence electrons. The first-order chi connectivity index (χ1) is 24.3. The van der Waals surface area contributed by atoms with E-state index in [1.54, 1.807) is 0 Å². The summed E-state index contributed by atoms with van der Waals surface area (Å²) in [4.78, 5) is 5.45. The van der Waals surface area contributed by atoms with Crippen LogP contribution in [-0.4, -0.2) is 14.0 Å². The summed E-state index contributed by atoms with van der Waals surface area (Å²) in [5.41, 5.74) is 13.0. The van der Waals surface area contributed by atoms with Gasteiger partial charge in [-0.1, -0.05) is 127 Å². The van der Waals surface area contributed by atoms with E-state index in [1.165, 1.54) is 76.6 Å². The molecule has 0 fully saturated rings. The highest BCUT2D eigenvalue weighted by atomic mass is 15.1. The Morgan fingerprint density at radius 2 is 0.959 bits per heavy atom. The first kappa shape index (κ1) is 26.6. The van der Waals surface area contributed by atoms with Crippen LogP contribution in [0.25, 0.3) is 98.9 Å². The maximum atomic E-state index is 5.45. The molecule has 0 aliphatic carbocycles. The summed E-state index contributed by atoms with van der Waals surface area (Å²) in [6, 6.07) is 57.3. The normalized spacial score (nSPS) is 12.2. The molecular formula is C46H29N3. The van der Waals surface area contributed by atoms with E-state index in [0.29, 0.717) is 0 Å². The number of aromatic nitrogens is 3. The summed E-state index contributed by atoms with van der Waals surface area (Å²) in [6.07, 6.45) is 0. The molecule has 0 aliphatic rings. The molecule has 0 aliphatic heterocycles. The quantitative estimate of drug-likeness (QED) is 0.192. The first-order valence-electron chi connectivity index (χ1n) is 16.9. The van der Waals surface area contributed by atoms with Crippen molar-refractivity contribution in [3.05, 3.63) is 163 Å². The van der Waals surface area contributed by atoms with Crippen LogP contribution in [0.3, 0.4) is 0 Å². The van der Waals surface area contributed by atoms with Crippen molar-refractivity contribution in [2.24, 2.45) is 0 Å². The van der Waals surface area contributed by atoms with Gasteiger partial charge in [-0.2, -0.15) is 0 Å². The fourth-order valence-corrected chi connectivity index (χ4v) is 8.56. The monoisotopic (exact) mass is 623 g/mol. The van der Waals surface area contributed by atoms with Crippen LogP contribution in [0.5, 0.6) is 0 Å². The summed E-state index contributed by atoms with van der Waals surface area (Å²) in [7, 11) is 0. The van der Waals surface area contributed by atoms with Gasteiger partial charge in [0.15, 0.2) is 0 Å². The van der Waals surface area contributed by atoms with Crippen LogP contribution in [0.2, 0.25) is 0 Å². The van der Waals surface area contributed by atoms with Crippen LogP contribution in [0.15, 0.2) is 158 Å². The second-order valence-corrected chi connectivity index (χ2v) is 13.2. The van der Waals surface area contributed by atoms with Gasteiger partial charge in [0.25, 0.3) is 0 Å². The molecular weight excluding hydrogens is 595 g/mol. The number of fused-ring (bicyclic) bond motifs is 6. The predicted molar refractivity (Wildman–Crippen MR) is 206 cm³/mol. The highest BCUT2D eigenvalue weighted by Gasteiger charge is 2.24. The zero-order valence-corrected chi connectivity index (χ0v) is 26.9. The van der Waals surface area contributed by atoms with Crippen LogP contribution in [0, 0.1) is 6.92 Å². The second-order valence-electron chi connectivity index (χ2n) is 13.2. The summed E-state index contributed by atoms with van der Waals surface area (Å²) < 4.78 is 4.91. The van der Waals surface area contributed by atoms with Crippen molar-refractivity contribution >= 4 is 70.8 Å². The molecule has 11 aromatic rings. The Kier molecular flexibility index (Phi) is 5.31. The molecule has 0 unspecified atom stereocenters. The van der Waals surface area contributed by atoms with Crippen LogP contribution in [0.1, 0.15) is 5.56 Å². The molecule has 7 aromatic carbocycles. The van der Waals surface area contributed by atoms with E-state index in [1.807, 2.05) is 0 Å². The van der Waals surface area contributed by atoms with E-state index in [4.69, 9.17) is 4.98 Å². The minimum atomic E-state index is 0.964. The second kappa shape index (κ2) is 9.79. The summed E-state index contributed by atoms with van der Waals surface area (Å²) in [6.45, 7) is 2.24. The molecule has 4 aromatic heterocycles. The van der Waals surface area contributed by atoms with Crippen molar-refractivity contribution < 1.29 is 0 Å². The Morgan fingerprint density at radius 1 is 0.408 bits per heavy atom. The maximum absolute atomic E-state index is 5.45. The van der Waals surface area contributed by atoms with Gasteiger partial charge in [-0.15, -0.1) is 0 Å². The lowest BCUT2D eigenvalue weighted by Crippen LogP contribution is -2.03. The highest BCUT2D eigenvalue weighted by molar-refractivity contribution is 6.31. The topological polar surface area (TPSA) is 22.2 Å². The SMILES string of the molecule is Cc1c(-n2c3cccc4c5cccc6c7ccccc7n(c7cccc2c7c43)c56)nc2ccccc2c1-c1ccc(-c2ccccc2)cc1. The largest absolute Gasteiger partial charge is 0.308 e. The van der Waals surface area contributed by atoms with Gasteiger partial charge in [-0.05, 0) is 64.9 Å². The van der Waals surface area contributed by atoms with E-state index in [2.05, 4.69) is 174 Å². The predicted octanol–water partition coefficient (Wildman–Crippen LogP) is 12.1. The smallest absolute Gasteiger partial charge is 0.141 e. The lowest BCUT2D eigenvalue weighted by Gasteiger charge is -2.17. The zero-order chi connectivity index (χ0) is 32.2. The third-order valence-electron chi connectivity index (χ3n) is 10.6.